The van der Waals surface area contributed by atoms with Crippen molar-refractivity contribution in [2.75, 3.05) is 24.2 Å². The highest BCUT2D eigenvalue weighted by atomic mass is 32.2. The first-order valence-electron chi connectivity index (χ1n) is 10.5. The van der Waals surface area contributed by atoms with Crippen LogP contribution in [0.4, 0.5) is 5.69 Å². The average molecular weight is 430 g/mol. The number of amidine groups is 1. The van der Waals surface area contributed by atoms with Gasteiger partial charge in [0, 0.05) is 24.4 Å². The SMILES string of the molecule is CCOC(=O)C1=C(C)N=C2SCCCN2[C@H]1c1cccc(NC(=O)CC(C)(C)C)c1. The number of nitrogens with one attached hydrogen (secondary N) is 1. The predicted molar refractivity (Wildman–Crippen MR) is 122 cm³/mol. The lowest BCUT2D eigenvalue weighted by Crippen LogP contribution is -2.42. The van der Waals surface area contributed by atoms with Gasteiger partial charge in [-0.15, -0.1) is 0 Å². The molecular weight excluding hydrogens is 398 g/mol. The first-order chi connectivity index (χ1) is 14.2. The summed E-state index contributed by atoms with van der Waals surface area (Å²) in [6.07, 6.45) is 1.46. The minimum atomic E-state index is -0.333. The third-order valence-corrected chi connectivity index (χ3v) is 6.01. The molecule has 1 aromatic rings. The number of rotatable bonds is 5. The molecule has 0 bridgehead atoms. The minimum Gasteiger partial charge on any atom is -0.463 e. The summed E-state index contributed by atoms with van der Waals surface area (Å²) < 4.78 is 5.36. The van der Waals surface area contributed by atoms with Crippen molar-refractivity contribution >= 4 is 34.5 Å². The molecule has 0 aromatic heterocycles. The van der Waals surface area contributed by atoms with E-state index in [2.05, 4.69) is 10.2 Å². The van der Waals surface area contributed by atoms with E-state index in [0.717, 1.165) is 35.1 Å². The molecule has 3 rings (SSSR count). The molecule has 162 valence electrons. The smallest absolute Gasteiger partial charge is 0.338 e. The second-order valence-corrected chi connectivity index (χ2v) is 9.89. The van der Waals surface area contributed by atoms with E-state index in [1.165, 1.54) is 0 Å². The minimum absolute atomic E-state index is 0.0172. The molecule has 1 saturated heterocycles. The molecule has 0 aliphatic carbocycles. The van der Waals surface area contributed by atoms with Crippen LogP contribution >= 0.6 is 11.8 Å². The molecular formula is C23H31N3O3S. The van der Waals surface area contributed by atoms with Gasteiger partial charge in [-0.25, -0.2) is 9.79 Å². The number of esters is 1. The summed E-state index contributed by atoms with van der Waals surface area (Å²) in [7, 11) is 0. The quantitative estimate of drug-likeness (QED) is 0.684. The van der Waals surface area contributed by atoms with E-state index >= 15 is 0 Å². The summed E-state index contributed by atoms with van der Waals surface area (Å²) in [4.78, 5) is 32.1. The fourth-order valence-corrected chi connectivity index (χ4v) is 4.78. The number of fused-ring (bicyclic) bond motifs is 1. The van der Waals surface area contributed by atoms with E-state index in [9.17, 15) is 9.59 Å². The molecule has 0 unspecified atom stereocenters. The number of allylic oxidation sites excluding steroid dienone is 1. The zero-order chi connectivity index (χ0) is 21.9. The molecule has 1 amide bonds. The summed E-state index contributed by atoms with van der Waals surface area (Å²) in [5.74, 6) is 0.671. The first kappa shape index (κ1) is 22.4. The fraction of sp³-hybridized carbons (Fsp3) is 0.522. The van der Waals surface area contributed by atoms with Crippen LogP contribution in [0.15, 0.2) is 40.5 Å². The van der Waals surface area contributed by atoms with Crippen molar-refractivity contribution in [1.82, 2.24) is 4.90 Å². The second-order valence-electron chi connectivity index (χ2n) is 8.82. The summed E-state index contributed by atoms with van der Waals surface area (Å²) in [5, 5.41) is 3.95. The summed E-state index contributed by atoms with van der Waals surface area (Å²) in [5.41, 5.74) is 2.86. The van der Waals surface area contributed by atoms with Gasteiger partial charge in [0.15, 0.2) is 5.17 Å². The third-order valence-electron chi connectivity index (χ3n) is 4.93. The van der Waals surface area contributed by atoms with Gasteiger partial charge < -0.3 is 15.0 Å². The lowest BCUT2D eigenvalue weighted by atomic mass is 9.91. The van der Waals surface area contributed by atoms with Crippen LogP contribution in [0.3, 0.4) is 0 Å². The molecule has 1 aromatic carbocycles. The summed E-state index contributed by atoms with van der Waals surface area (Å²) >= 11 is 1.72. The Bertz CT molecular complexity index is 886. The Morgan fingerprint density at radius 1 is 1.33 bits per heavy atom. The Labute approximate surface area is 183 Å². The molecule has 6 nitrogen and oxygen atoms in total. The Morgan fingerprint density at radius 3 is 2.80 bits per heavy atom. The van der Waals surface area contributed by atoms with Gasteiger partial charge in [0.1, 0.15) is 0 Å². The second kappa shape index (κ2) is 9.25. The van der Waals surface area contributed by atoms with Crippen LogP contribution in [-0.4, -0.2) is 40.8 Å². The van der Waals surface area contributed by atoms with Gasteiger partial charge in [-0.1, -0.05) is 44.7 Å². The molecule has 30 heavy (non-hydrogen) atoms. The molecule has 2 aliphatic rings. The lowest BCUT2D eigenvalue weighted by molar-refractivity contribution is -0.139. The molecule has 2 aliphatic heterocycles. The van der Waals surface area contributed by atoms with Gasteiger partial charge in [-0.3, -0.25) is 4.79 Å². The van der Waals surface area contributed by atoms with E-state index in [-0.39, 0.29) is 23.3 Å². The van der Waals surface area contributed by atoms with Gasteiger partial charge in [0.25, 0.3) is 0 Å². The summed E-state index contributed by atoms with van der Waals surface area (Å²) in [6.45, 7) is 10.9. The fourth-order valence-electron chi connectivity index (χ4n) is 3.76. The maximum Gasteiger partial charge on any atom is 0.338 e. The van der Waals surface area contributed by atoms with Crippen molar-refractivity contribution in [2.45, 2.75) is 53.5 Å². The van der Waals surface area contributed by atoms with Gasteiger partial charge in [-0.05, 0) is 43.4 Å². The lowest BCUT2D eigenvalue weighted by Gasteiger charge is -2.40. The van der Waals surface area contributed by atoms with Gasteiger partial charge in [0.2, 0.25) is 5.91 Å². The number of carbonyl (C=O) groups excluding carboxylic acids is 2. The number of nitrogens with zero attached hydrogens (tertiary/aromatic N) is 2. The largest absolute Gasteiger partial charge is 0.463 e. The van der Waals surface area contributed by atoms with E-state index in [4.69, 9.17) is 9.73 Å². The standard InChI is InChI=1S/C23H31N3O3S/c1-6-29-21(28)19-15(2)24-22-26(11-8-12-30-22)20(19)16-9-7-10-17(13-16)25-18(27)14-23(3,4)5/h7,9-10,13,20H,6,8,11-12,14H2,1-5H3,(H,25,27)/t20-/m0/s1. The Hall–Kier alpha value is -2.28. The van der Waals surface area contributed by atoms with Crippen LogP contribution in [0.1, 0.15) is 59.1 Å². The number of anilines is 1. The number of thioether (sulfide) groups is 1. The first-order valence-corrected chi connectivity index (χ1v) is 11.4. The molecule has 2 heterocycles. The van der Waals surface area contributed by atoms with Crippen molar-refractivity contribution in [1.29, 1.82) is 0 Å². The van der Waals surface area contributed by atoms with Crippen LogP contribution in [0.2, 0.25) is 0 Å². The van der Waals surface area contributed by atoms with Crippen molar-refractivity contribution in [3.63, 3.8) is 0 Å². The number of ether oxygens (including phenoxy) is 1. The van der Waals surface area contributed by atoms with Crippen molar-refractivity contribution in [3.8, 4) is 0 Å². The molecule has 0 saturated carbocycles. The Kier molecular flexibility index (Phi) is 6.91. The maximum absolute atomic E-state index is 12.8. The number of benzene rings is 1. The Balaban J connectivity index is 1.96. The average Bonchev–Trinajstić information content (AvgIpc) is 2.65. The van der Waals surface area contributed by atoms with Crippen molar-refractivity contribution < 1.29 is 14.3 Å². The molecule has 1 N–H and O–H groups in total. The molecule has 1 fully saturated rings. The van der Waals surface area contributed by atoms with E-state index in [1.54, 1.807) is 11.8 Å². The number of hydrogen-bond acceptors (Lipinski definition) is 6. The van der Waals surface area contributed by atoms with Gasteiger partial charge in [0.05, 0.1) is 23.9 Å². The molecule has 7 heteroatoms. The third kappa shape index (κ3) is 5.25. The van der Waals surface area contributed by atoms with Crippen LogP contribution in [0.25, 0.3) is 0 Å². The van der Waals surface area contributed by atoms with Crippen LogP contribution in [-0.2, 0) is 14.3 Å². The maximum atomic E-state index is 12.8. The monoisotopic (exact) mass is 429 g/mol. The molecule has 0 spiro atoms. The highest BCUT2D eigenvalue weighted by Crippen LogP contribution is 2.40. The van der Waals surface area contributed by atoms with E-state index < -0.39 is 0 Å². The normalized spacial score (nSPS) is 19.2. The van der Waals surface area contributed by atoms with Crippen LogP contribution in [0.5, 0.6) is 0 Å². The number of amides is 1. The van der Waals surface area contributed by atoms with Crippen LogP contribution in [0, 0.1) is 5.41 Å². The number of hydrogen-bond donors (Lipinski definition) is 1. The highest BCUT2D eigenvalue weighted by Gasteiger charge is 2.38. The van der Waals surface area contributed by atoms with Gasteiger partial charge in [-0.2, -0.15) is 0 Å². The predicted octanol–water partition coefficient (Wildman–Crippen LogP) is 4.75. The number of aliphatic imine (C=N–C) groups is 1. The van der Waals surface area contributed by atoms with Crippen molar-refractivity contribution in [3.05, 3.63) is 41.1 Å². The molecule has 0 radical (unpaired) electrons. The zero-order valence-corrected chi connectivity index (χ0v) is 19.3. The van der Waals surface area contributed by atoms with E-state index in [0.29, 0.717) is 24.3 Å². The molecule has 1 atom stereocenters. The highest BCUT2D eigenvalue weighted by molar-refractivity contribution is 8.13. The summed E-state index contributed by atoms with van der Waals surface area (Å²) in [6, 6.07) is 7.48. The zero-order valence-electron chi connectivity index (χ0n) is 18.4. The Morgan fingerprint density at radius 2 is 2.10 bits per heavy atom. The number of carbonyl (C=O) groups is 2. The van der Waals surface area contributed by atoms with E-state index in [1.807, 2.05) is 58.9 Å². The topological polar surface area (TPSA) is 71.0 Å². The van der Waals surface area contributed by atoms with Gasteiger partial charge >= 0.3 is 5.97 Å². The van der Waals surface area contributed by atoms with Crippen LogP contribution < -0.4 is 5.32 Å². The van der Waals surface area contributed by atoms with Crippen molar-refractivity contribution in [2.24, 2.45) is 10.4 Å².